The number of rotatable bonds is 6. The summed E-state index contributed by atoms with van der Waals surface area (Å²) in [6, 6.07) is 14.0. The number of aliphatic imine (C=N–C) groups is 1. The molecule has 0 aromatic heterocycles. The average molecular weight is 350 g/mol. The van der Waals surface area contributed by atoms with Crippen molar-refractivity contribution >= 4 is 17.6 Å². The predicted octanol–water partition coefficient (Wildman–Crippen LogP) is 3.53. The minimum atomic E-state index is -0.252. The first-order valence-electron chi connectivity index (χ1n) is 7.59. The Morgan fingerprint density at radius 2 is 2.00 bits per heavy atom. The maximum atomic E-state index is 13.2. The van der Waals surface area contributed by atoms with Crippen molar-refractivity contribution in [2.24, 2.45) is 4.99 Å². The molecule has 128 valence electrons. The van der Waals surface area contributed by atoms with Crippen molar-refractivity contribution in [1.29, 1.82) is 0 Å². The van der Waals surface area contributed by atoms with Gasteiger partial charge in [-0.1, -0.05) is 35.9 Å². The van der Waals surface area contributed by atoms with Crippen LogP contribution in [0.5, 0.6) is 0 Å². The molecule has 2 aromatic rings. The highest BCUT2D eigenvalue weighted by Gasteiger charge is 2.11. The molecule has 2 rings (SSSR count). The summed E-state index contributed by atoms with van der Waals surface area (Å²) in [7, 11) is 3.33. The van der Waals surface area contributed by atoms with Crippen molar-refractivity contribution in [3.63, 3.8) is 0 Å². The van der Waals surface area contributed by atoms with Crippen molar-refractivity contribution in [3.05, 3.63) is 70.5 Å². The van der Waals surface area contributed by atoms with Crippen molar-refractivity contribution in [2.75, 3.05) is 20.7 Å². The Labute approximate surface area is 146 Å². The zero-order valence-electron chi connectivity index (χ0n) is 13.7. The van der Waals surface area contributed by atoms with E-state index in [9.17, 15) is 4.39 Å². The molecule has 0 heterocycles. The second-order valence-corrected chi connectivity index (χ2v) is 5.65. The molecule has 0 fully saturated rings. The van der Waals surface area contributed by atoms with Crippen LogP contribution in [-0.2, 0) is 11.3 Å². The maximum Gasteiger partial charge on any atom is 0.191 e. The minimum absolute atomic E-state index is 0.156. The van der Waals surface area contributed by atoms with Crippen LogP contribution in [0.3, 0.4) is 0 Å². The van der Waals surface area contributed by atoms with E-state index >= 15 is 0 Å². The molecule has 0 radical (unpaired) electrons. The SMILES string of the molecule is CN=C(NCc1cccc(F)c1)NCC(OC)c1cccc(Cl)c1. The molecule has 0 spiro atoms. The van der Waals surface area contributed by atoms with Crippen LogP contribution in [0.2, 0.25) is 5.02 Å². The van der Waals surface area contributed by atoms with Crippen molar-refractivity contribution in [1.82, 2.24) is 10.6 Å². The second-order valence-electron chi connectivity index (χ2n) is 5.22. The number of halogens is 2. The summed E-state index contributed by atoms with van der Waals surface area (Å²) in [6.07, 6.45) is -0.156. The first-order valence-corrected chi connectivity index (χ1v) is 7.97. The van der Waals surface area contributed by atoms with Crippen LogP contribution in [0.4, 0.5) is 4.39 Å². The van der Waals surface area contributed by atoms with Gasteiger partial charge in [0.2, 0.25) is 0 Å². The van der Waals surface area contributed by atoms with Crippen LogP contribution >= 0.6 is 11.6 Å². The number of hydrogen-bond donors (Lipinski definition) is 2. The summed E-state index contributed by atoms with van der Waals surface area (Å²) >= 11 is 6.02. The quantitative estimate of drug-likeness (QED) is 0.619. The molecule has 1 unspecified atom stereocenters. The molecule has 0 bridgehead atoms. The van der Waals surface area contributed by atoms with Crippen LogP contribution in [0, 0.1) is 5.82 Å². The van der Waals surface area contributed by atoms with E-state index in [0.29, 0.717) is 24.1 Å². The van der Waals surface area contributed by atoms with E-state index in [0.717, 1.165) is 11.1 Å². The molecule has 0 aliphatic rings. The molecule has 0 aliphatic carbocycles. The minimum Gasteiger partial charge on any atom is -0.375 e. The number of nitrogens with zero attached hydrogens (tertiary/aromatic N) is 1. The topological polar surface area (TPSA) is 45.7 Å². The van der Waals surface area contributed by atoms with Gasteiger partial charge in [0.1, 0.15) is 5.82 Å². The molecule has 2 N–H and O–H groups in total. The second kappa shape index (κ2) is 9.25. The Morgan fingerprint density at radius 3 is 2.67 bits per heavy atom. The number of nitrogens with one attached hydrogen (secondary N) is 2. The van der Waals surface area contributed by atoms with Gasteiger partial charge in [-0.05, 0) is 35.4 Å². The predicted molar refractivity (Wildman–Crippen MR) is 95.8 cm³/mol. The Hall–Kier alpha value is -2.11. The third kappa shape index (κ3) is 5.51. The summed E-state index contributed by atoms with van der Waals surface area (Å²) in [5.74, 6) is 0.362. The molecule has 0 amide bonds. The lowest BCUT2D eigenvalue weighted by atomic mass is 10.1. The largest absolute Gasteiger partial charge is 0.375 e. The van der Waals surface area contributed by atoms with Crippen LogP contribution in [0.1, 0.15) is 17.2 Å². The lowest BCUT2D eigenvalue weighted by Gasteiger charge is -2.19. The van der Waals surface area contributed by atoms with E-state index in [1.807, 2.05) is 30.3 Å². The van der Waals surface area contributed by atoms with E-state index in [2.05, 4.69) is 15.6 Å². The molecule has 2 aromatic carbocycles. The molecular formula is C18H21ClFN3O. The van der Waals surface area contributed by atoms with Gasteiger partial charge in [-0.2, -0.15) is 0 Å². The van der Waals surface area contributed by atoms with E-state index in [1.165, 1.54) is 12.1 Å². The monoisotopic (exact) mass is 349 g/mol. The van der Waals surface area contributed by atoms with E-state index in [-0.39, 0.29) is 11.9 Å². The molecule has 0 saturated carbocycles. The van der Waals surface area contributed by atoms with Gasteiger partial charge in [-0.15, -0.1) is 0 Å². The standard InChI is InChI=1S/C18H21ClFN3O/c1-21-18(22-11-13-5-3-8-16(20)9-13)23-12-17(24-2)14-6-4-7-15(19)10-14/h3-10,17H,11-12H2,1-2H3,(H2,21,22,23). The van der Waals surface area contributed by atoms with Crippen LogP contribution in [0.25, 0.3) is 0 Å². The van der Waals surface area contributed by atoms with Gasteiger partial charge in [0.25, 0.3) is 0 Å². The lowest BCUT2D eigenvalue weighted by Crippen LogP contribution is -2.39. The molecule has 1 atom stereocenters. The Bertz CT molecular complexity index is 693. The van der Waals surface area contributed by atoms with Gasteiger partial charge in [-0.3, -0.25) is 4.99 Å². The normalized spacial score (nSPS) is 12.8. The van der Waals surface area contributed by atoms with Crippen molar-refractivity contribution < 1.29 is 9.13 Å². The van der Waals surface area contributed by atoms with E-state index in [4.69, 9.17) is 16.3 Å². The van der Waals surface area contributed by atoms with Crippen LogP contribution in [0.15, 0.2) is 53.5 Å². The van der Waals surface area contributed by atoms with E-state index in [1.54, 1.807) is 20.2 Å². The third-order valence-electron chi connectivity index (χ3n) is 3.53. The number of hydrogen-bond acceptors (Lipinski definition) is 2. The van der Waals surface area contributed by atoms with Crippen LogP contribution < -0.4 is 10.6 Å². The van der Waals surface area contributed by atoms with Gasteiger partial charge in [0, 0.05) is 32.3 Å². The summed E-state index contributed by atoms with van der Waals surface area (Å²) in [6.45, 7) is 1.01. The number of guanidine groups is 1. The highest BCUT2D eigenvalue weighted by molar-refractivity contribution is 6.30. The first-order chi connectivity index (χ1) is 11.6. The van der Waals surface area contributed by atoms with Gasteiger partial charge in [0.05, 0.1) is 6.10 Å². The number of ether oxygens (including phenoxy) is 1. The van der Waals surface area contributed by atoms with Crippen molar-refractivity contribution in [3.8, 4) is 0 Å². The van der Waals surface area contributed by atoms with Gasteiger partial charge < -0.3 is 15.4 Å². The smallest absolute Gasteiger partial charge is 0.191 e. The fourth-order valence-electron chi connectivity index (χ4n) is 2.29. The average Bonchev–Trinajstić information content (AvgIpc) is 2.58. The molecule has 0 aliphatic heterocycles. The first kappa shape index (κ1) is 18.2. The number of methoxy groups -OCH3 is 1. The van der Waals surface area contributed by atoms with Gasteiger partial charge in [-0.25, -0.2) is 4.39 Å². The zero-order valence-corrected chi connectivity index (χ0v) is 14.5. The lowest BCUT2D eigenvalue weighted by molar-refractivity contribution is 0.106. The molecule has 6 heteroatoms. The maximum absolute atomic E-state index is 13.2. The Balaban J connectivity index is 1.90. The Morgan fingerprint density at radius 1 is 1.21 bits per heavy atom. The highest BCUT2D eigenvalue weighted by atomic mass is 35.5. The van der Waals surface area contributed by atoms with Crippen LogP contribution in [-0.4, -0.2) is 26.7 Å². The summed E-state index contributed by atoms with van der Waals surface area (Å²) in [4.78, 5) is 4.16. The molecule has 24 heavy (non-hydrogen) atoms. The summed E-state index contributed by atoms with van der Waals surface area (Å²) < 4.78 is 18.7. The fraction of sp³-hybridized carbons (Fsp3) is 0.278. The summed E-state index contributed by atoms with van der Waals surface area (Å²) in [5.41, 5.74) is 1.83. The highest BCUT2D eigenvalue weighted by Crippen LogP contribution is 2.19. The van der Waals surface area contributed by atoms with Gasteiger partial charge >= 0.3 is 0 Å². The third-order valence-corrected chi connectivity index (χ3v) is 3.77. The molecule has 4 nitrogen and oxygen atoms in total. The number of benzene rings is 2. The Kier molecular flexibility index (Phi) is 7.03. The van der Waals surface area contributed by atoms with Gasteiger partial charge in [0.15, 0.2) is 5.96 Å². The molecule has 0 saturated heterocycles. The zero-order chi connectivity index (χ0) is 17.4. The summed E-state index contributed by atoms with van der Waals surface area (Å²) in [5, 5.41) is 7.02. The van der Waals surface area contributed by atoms with Crippen molar-refractivity contribution in [2.45, 2.75) is 12.6 Å². The fourth-order valence-corrected chi connectivity index (χ4v) is 2.49. The molecular weight excluding hydrogens is 329 g/mol. The van der Waals surface area contributed by atoms with E-state index < -0.39 is 0 Å².